The molecule has 1 heterocycles. The number of benzene rings is 1. The Bertz CT molecular complexity index is 480. The molecule has 2 rings (SSSR count). The molecular formula is C14H16BrNO3. The van der Waals surface area contributed by atoms with Crippen LogP contribution in [0.15, 0.2) is 28.7 Å². The van der Waals surface area contributed by atoms with Crippen LogP contribution < -0.4 is 0 Å². The molecule has 3 atom stereocenters. The molecule has 0 saturated carbocycles. The fourth-order valence-electron chi connectivity index (χ4n) is 2.17. The lowest BCUT2D eigenvalue weighted by Crippen LogP contribution is -2.34. The first kappa shape index (κ1) is 14.2. The first-order valence-corrected chi connectivity index (χ1v) is 7.00. The van der Waals surface area contributed by atoms with Gasteiger partial charge in [-0.2, -0.15) is 0 Å². The Labute approximate surface area is 120 Å². The molecule has 0 unspecified atom stereocenters. The molecule has 1 aliphatic heterocycles. The molecular weight excluding hydrogens is 310 g/mol. The molecule has 19 heavy (non-hydrogen) atoms. The maximum Gasteiger partial charge on any atom is 0.232 e. The number of nitrogens with zero attached hydrogens (tertiary/aromatic N) is 1. The minimum Gasteiger partial charge on any atom is -0.387 e. The van der Waals surface area contributed by atoms with Gasteiger partial charge in [0.25, 0.3) is 0 Å². The average Bonchev–Trinajstić information content (AvgIpc) is 2.57. The lowest BCUT2D eigenvalue weighted by Gasteiger charge is -2.19. The van der Waals surface area contributed by atoms with Crippen molar-refractivity contribution < 1.29 is 14.7 Å². The Morgan fingerprint density at radius 2 is 1.63 bits per heavy atom. The number of likely N-dealkylation sites (tertiary alicyclic amines) is 1. The van der Waals surface area contributed by atoms with Crippen molar-refractivity contribution in [1.29, 1.82) is 0 Å². The van der Waals surface area contributed by atoms with E-state index in [-0.39, 0.29) is 30.2 Å². The molecule has 102 valence electrons. The third-order valence-corrected chi connectivity index (χ3v) is 4.20. The van der Waals surface area contributed by atoms with Crippen LogP contribution in [0.4, 0.5) is 0 Å². The third-order valence-electron chi connectivity index (χ3n) is 3.67. The van der Waals surface area contributed by atoms with Gasteiger partial charge in [-0.15, -0.1) is 0 Å². The van der Waals surface area contributed by atoms with Crippen molar-refractivity contribution in [3.05, 3.63) is 34.3 Å². The zero-order valence-corrected chi connectivity index (χ0v) is 12.4. The molecule has 0 bridgehead atoms. The SMILES string of the molecule is C[C@@H]1C(=O)N(C[C@H](O)c2ccc(Br)cc2)C(=O)[C@@H]1C. The highest BCUT2D eigenvalue weighted by Crippen LogP contribution is 2.27. The van der Waals surface area contributed by atoms with Crippen molar-refractivity contribution in [2.24, 2.45) is 11.8 Å². The Morgan fingerprint density at radius 3 is 2.11 bits per heavy atom. The second kappa shape index (κ2) is 5.43. The van der Waals surface area contributed by atoms with Gasteiger partial charge in [0.15, 0.2) is 0 Å². The highest BCUT2D eigenvalue weighted by molar-refractivity contribution is 9.10. The number of carbonyl (C=O) groups is 2. The molecule has 1 aliphatic rings. The summed E-state index contributed by atoms with van der Waals surface area (Å²) in [6.07, 6.45) is -0.849. The van der Waals surface area contributed by atoms with Crippen LogP contribution in [0.1, 0.15) is 25.5 Å². The number of hydrogen-bond acceptors (Lipinski definition) is 3. The van der Waals surface area contributed by atoms with Crippen LogP contribution in [0.5, 0.6) is 0 Å². The summed E-state index contributed by atoms with van der Waals surface area (Å²) in [6, 6.07) is 7.17. The van der Waals surface area contributed by atoms with E-state index in [1.807, 2.05) is 12.1 Å². The summed E-state index contributed by atoms with van der Waals surface area (Å²) in [5.74, 6) is -1.00. The molecule has 1 aromatic rings. The summed E-state index contributed by atoms with van der Waals surface area (Å²) in [6.45, 7) is 3.52. The second-order valence-electron chi connectivity index (χ2n) is 4.93. The van der Waals surface area contributed by atoms with E-state index < -0.39 is 6.10 Å². The summed E-state index contributed by atoms with van der Waals surface area (Å²) in [5, 5.41) is 10.1. The van der Waals surface area contributed by atoms with E-state index in [0.717, 1.165) is 4.47 Å². The van der Waals surface area contributed by atoms with Gasteiger partial charge >= 0.3 is 0 Å². The molecule has 0 spiro atoms. The lowest BCUT2D eigenvalue weighted by atomic mass is 10.00. The molecule has 4 nitrogen and oxygen atoms in total. The van der Waals surface area contributed by atoms with Crippen LogP contribution in [-0.4, -0.2) is 28.4 Å². The Hall–Kier alpha value is -1.20. The van der Waals surface area contributed by atoms with E-state index in [1.54, 1.807) is 26.0 Å². The molecule has 1 saturated heterocycles. The van der Waals surface area contributed by atoms with Crippen LogP contribution in [0.2, 0.25) is 0 Å². The molecule has 1 fully saturated rings. The number of rotatable bonds is 3. The van der Waals surface area contributed by atoms with Gasteiger partial charge in [-0.25, -0.2) is 0 Å². The van der Waals surface area contributed by atoms with Gasteiger partial charge in [0, 0.05) is 16.3 Å². The van der Waals surface area contributed by atoms with E-state index in [2.05, 4.69) is 15.9 Å². The number of aliphatic hydroxyl groups is 1. The zero-order chi connectivity index (χ0) is 14.2. The van der Waals surface area contributed by atoms with Crippen molar-refractivity contribution in [1.82, 2.24) is 4.90 Å². The monoisotopic (exact) mass is 325 g/mol. The largest absolute Gasteiger partial charge is 0.387 e. The topological polar surface area (TPSA) is 57.6 Å². The predicted molar refractivity (Wildman–Crippen MR) is 74.1 cm³/mol. The predicted octanol–water partition coefficient (Wildman–Crippen LogP) is 2.12. The van der Waals surface area contributed by atoms with Gasteiger partial charge in [-0.3, -0.25) is 14.5 Å². The quantitative estimate of drug-likeness (QED) is 0.866. The number of carbonyl (C=O) groups excluding carboxylic acids is 2. The van der Waals surface area contributed by atoms with Crippen LogP contribution in [0, 0.1) is 11.8 Å². The Morgan fingerprint density at radius 1 is 1.16 bits per heavy atom. The van der Waals surface area contributed by atoms with Crippen LogP contribution in [-0.2, 0) is 9.59 Å². The van der Waals surface area contributed by atoms with Gasteiger partial charge in [0.2, 0.25) is 11.8 Å². The van der Waals surface area contributed by atoms with Gasteiger partial charge in [-0.05, 0) is 17.7 Å². The summed E-state index contributed by atoms with van der Waals surface area (Å²) in [7, 11) is 0. The first-order chi connectivity index (χ1) is 8.91. The summed E-state index contributed by atoms with van der Waals surface area (Å²) in [5.41, 5.74) is 0.691. The molecule has 2 amide bonds. The smallest absolute Gasteiger partial charge is 0.232 e. The summed E-state index contributed by atoms with van der Waals surface area (Å²) < 4.78 is 0.916. The zero-order valence-electron chi connectivity index (χ0n) is 10.8. The lowest BCUT2D eigenvalue weighted by molar-refractivity contribution is -0.141. The number of hydrogen-bond donors (Lipinski definition) is 1. The normalized spacial score (nSPS) is 24.9. The van der Waals surface area contributed by atoms with Gasteiger partial charge in [0.05, 0.1) is 12.6 Å². The van der Waals surface area contributed by atoms with Crippen molar-refractivity contribution in [2.45, 2.75) is 20.0 Å². The number of imide groups is 1. The summed E-state index contributed by atoms with van der Waals surface area (Å²) >= 11 is 3.32. The van der Waals surface area contributed by atoms with Crippen molar-refractivity contribution >= 4 is 27.7 Å². The molecule has 0 aliphatic carbocycles. The number of aliphatic hydroxyl groups excluding tert-OH is 1. The maximum atomic E-state index is 11.9. The van der Waals surface area contributed by atoms with Gasteiger partial charge < -0.3 is 5.11 Å². The number of amides is 2. The minimum absolute atomic E-state index is 0.0218. The Balaban J connectivity index is 2.11. The Kier molecular flexibility index (Phi) is 4.06. The molecule has 5 heteroatoms. The molecule has 1 aromatic carbocycles. The van der Waals surface area contributed by atoms with Crippen LogP contribution >= 0.6 is 15.9 Å². The van der Waals surface area contributed by atoms with E-state index in [0.29, 0.717) is 5.56 Å². The highest BCUT2D eigenvalue weighted by atomic mass is 79.9. The summed E-state index contributed by atoms with van der Waals surface area (Å²) in [4.78, 5) is 25.0. The maximum absolute atomic E-state index is 11.9. The first-order valence-electron chi connectivity index (χ1n) is 6.20. The average molecular weight is 326 g/mol. The number of halogens is 1. The molecule has 0 aromatic heterocycles. The van der Waals surface area contributed by atoms with Gasteiger partial charge in [-0.1, -0.05) is 41.9 Å². The van der Waals surface area contributed by atoms with E-state index in [9.17, 15) is 14.7 Å². The van der Waals surface area contributed by atoms with Crippen molar-refractivity contribution in [3.63, 3.8) is 0 Å². The van der Waals surface area contributed by atoms with Crippen molar-refractivity contribution in [2.75, 3.05) is 6.54 Å². The van der Waals surface area contributed by atoms with Gasteiger partial charge in [0.1, 0.15) is 0 Å². The molecule has 1 N–H and O–H groups in total. The van der Waals surface area contributed by atoms with E-state index >= 15 is 0 Å². The second-order valence-corrected chi connectivity index (χ2v) is 5.85. The fraction of sp³-hybridized carbons (Fsp3) is 0.429. The molecule has 0 radical (unpaired) electrons. The fourth-order valence-corrected chi connectivity index (χ4v) is 2.44. The standard InChI is InChI=1S/C14H16BrNO3/c1-8-9(2)14(19)16(13(8)18)7-12(17)10-3-5-11(15)6-4-10/h3-6,8-9,12,17H,7H2,1-2H3/t8-,9+,12-/m0/s1. The van der Waals surface area contributed by atoms with E-state index in [1.165, 1.54) is 4.90 Å². The minimum atomic E-state index is -0.849. The van der Waals surface area contributed by atoms with E-state index in [4.69, 9.17) is 0 Å². The van der Waals surface area contributed by atoms with Crippen LogP contribution in [0.3, 0.4) is 0 Å². The van der Waals surface area contributed by atoms with Crippen molar-refractivity contribution in [3.8, 4) is 0 Å². The number of β-amino-alcohol motifs (C(OH)–C–C–N with tert-alkyl or cyclic N) is 1. The highest BCUT2D eigenvalue weighted by Gasteiger charge is 2.42. The third kappa shape index (κ3) is 2.72. The van der Waals surface area contributed by atoms with Crippen LogP contribution in [0.25, 0.3) is 0 Å².